The summed E-state index contributed by atoms with van der Waals surface area (Å²) in [5, 5.41) is 0. The van der Waals surface area contributed by atoms with Gasteiger partial charge in [-0.3, -0.25) is 4.98 Å². The molecule has 3 nitrogen and oxygen atoms in total. The maximum atomic E-state index is 12.8. The third kappa shape index (κ3) is 3.54. The van der Waals surface area contributed by atoms with Crippen LogP contribution < -0.4 is 10.5 Å². The van der Waals surface area contributed by atoms with Crippen molar-refractivity contribution in [3.8, 4) is 5.75 Å². The van der Waals surface area contributed by atoms with Crippen LogP contribution in [0.2, 0.25) is 0 Å². The van der Waals surface area contributed by atoms with Crippen LogP contribution in [0.15, 0.2) is 41.1 Å². The average molecular weight is 361 g/mol. The Labute approximate surface area is 128 Å². The summed E-state index contributed by atoms with van der Waals surface area (Å²) in [6.07, 6.45) is -1.42. The van der Waals surface area contributed by atoms with Gasteiger partial charge in [-0.15, -0.1) is 0 Å². The van der Waals surface area contributed by atoms with Crippen LogP contribution >= 0.6 is 15.9 Å². The second kappa shape index (κ2) is 6.03. The quantitative estimate of drug-likeness (QED) is 0.902. The van der Waals surface area contributed by atoms with E-state index in [1.54, 1.807) is 6.07 Å². The van der Waals surface area contributed by atoms with E-state index in [0.717, 1.165) is 12.1 Å². The largest absolute Gasteiger partial charge is 0.495 e. The number of hydrogen-bond acceptors (Lipinski definition) is 3. The third-order valence-electron chi connectivity index (χ3n) is 2.99. The third-order valence-corrected chi connectivity index (χ3v) is 3.71. The summed E-state index contributed by atoms with van der Waals surface area (Å²) in [5.41, 5.74) is 6.21. The van der Waals surface area contributed by atoms with Crippen LogP contribution in [0.5, 0.6) is 5.75 Å². The van der Waals surface area contributed by atoms with Gasteiger partial charge in [0.25, 0.3) is 0 Å². The Hall–Kier alpha value is -1.60. The van der Waals surface area contributed by atoms with Crippen molar-refractivity contribution in [2.45, 2.75) is 12.2 Å². The normalized spacial score (nSPS) is 13.0. The molecule has 1 unspecified atom stereocenters. The molecule has 1 atom stereocenters. The van der Waals surface area contributed by atoms with Crippen molar-refractivity contribution in [1.82, 2.24) is 4.98 Å². The van der Waals surface area contributed by atoms with E-state index < -0.39 is 17.8 Å². The Morgan fingerprint density at radius 3 is 2.57 bits per heavy atom. The lowest BCUT2D eigenvalue weighted by atomic mass is 9.99. The lowest BCUT2D eigenvalue weighted by Crippen LogP contribution is -2.15. The maximum Gasteiger partial charge on any atom is 0.416 e. The molecular weight excluding hydrogens is 349 g/mol. The van der Waals surface area contributed by atoms with Gasteiger partial charge in [0.2, 0.25) is 0 Å². The summed E-state index contributed by atoms with van der Waals surface area (Å²) in [6, 6.07) is 4.28. The molecular formula is C14H12BrF3N2O. The Balaban J connectivity index is 2.44. The fourth-order valence-electron chi connectivity index (χ4n) is 1.86. The van der Waals surface area contributed by atoms with E-state index in [2.05, 4.69) is 20.9 Å². The molecule has 1 heterocycles. The number of methoxy groups -OCH3 is 1. The highest BCUT2D eigenvalue weighted by Crippen LogP contribution is 2.35. The first kappa shape index (κ1) is 15.8. The van der Waals surface area contributed by atoms with Crippen LogP contribution in [0.4, 0.5) is 13.2 Å². The van der Waals surface area contributed by atoms with Gasteiger partial charge in [-0.05, 0) is 35.4 Å². The first-order valence-corrected chi connectivity index (χ1v) is 6.73. The van der Waals surface area contributed by atoms with Crippen LogP contribution in [-0.4, -0.2) is 12.1 Å². The molecule has 0 saturated carbocycles. The minimum Gasteiger partial charge on any atom is -0.495 e. The first-order valence-electron chi connectivity index (χ1n) is 5.94. The number of halogens is 4. The highest BCUT2D eigenvalue weighted by Gasteiger charge is 2.31. The Morgan fingerprint density at radius 1 is 1.24 bits per heavy atom. The monoisotopic (exact) mass is 360 g/mol. The molecule has 0 aliphatic carbocycles. The van der Waals surface area contributed by atoms with Crippen LogP contribution in [0.1, 0.15) is 22.7 Å². The summed E-state index contributed by atoms with van der Waals surface area (Å²) in [4.78, 5) is 3.96. The number of hydrogen-bond donors (Lipinski definition) is 1. The average Bonchev–Trinajstić information content (AvgIpc) is 2.46. The Kier molecular flexibility index (Phi) is 4.53. The van der Waals surface area contributed by atoms with E-state index in [9.17, 15) is 13.2 Å². The predicted octanol–water partition coefficient (Wildman–Crippen LogP) is 3.92. The van der Waals surface area contributed by atoms with Crippen molar-refractivity contribution in [2.24, 2.45) is 5.73 Å². The van der Waals surface area contributed by atoms with Gasteiger partial charge in [0.1, 0.15) is 5.75 Å². The smallest absolute Gasteiger partial charge is 0.416 e. The molecule has 0 aliphatic rings. The van der Waals surface area contributed by atoms with E-state index in [4.69, 9.17) is 10.5 Å². The minimum atomic E-state index is -4.41. The minimum absolute atomic E-state index is 0.333. The van der Waals surface area contributed by atoms with Crippen molar-refractivity contribution >= 4 is 15.9 Å². The second-order valence-electron chi connectivity index (χ2n) is 4.37. The summed E-state index contributed by atoms with van der Waals surface area (Å²) in [6.45, 7) is 0. The highest BCUT2D eigenvalue weighted by atomic mass is 79.9. The summed E-state index contributed by atoms with van der Waals surface area (Å²) in [7, 11) is 1.48. The predicted molar refractivity (Wildman–Crippen MR) is 76.0 cm³/mol. The van der Waals surface area contributed by atoms with Crippen molar-refractivity contribution in [2.75, 3.05) is 7.11 Å². The molecule has 0 bridgehead atoms. The molecule has 2 N–H and O–H groups in total. The lowest BCUT2D eigenvalue weighted by Gasteiger charge is -2.17. The zero-order valence-corrected chi connectivity index (χ0v) is 12.6. The topological polar surface area (TPSA) is 48.1 Å². The zero-order valence-electron chi connectivity index (χ0n) is 11.0. The van der Waals surface area contributed by atoms with Crippen molar-refractivity contribution < 1.29 is 17.9 Å². The molecule has 1 aromatic carbocycles. The Bertz CT molecular complexity index is 646. The number of benzene rings is 1. The van der Waals surface area contributed by atoms with Crippen molar-refractivity contribution in [1.29, 1.82) is 0 Å². The van der Waals surface area contributed by atoms with E-state index >= 15 is 0 Å². The van der Waals surface area contributed by atoms with Crippen LogP contribution in [-0.2, 0) is 6.18 Å². The van der Waals surface area contributed by atoms with Gasteiger partial charge in [-0.1, -0.05) is 15.9 Å². The van der Waals surface area contributed by atoms with E-state index in [1.165, 1.54) is 25.6 Å². The van der Waals surface area contributed by atoms with E-state index in [-0.39, 0.29) is 0 Å². The van der Waals surface area contributed by atoms with Crippen molar-refractivity contribution in [3.63, 3.8) is 0 Å². The van der Waals surface area contributed by atoms with Crippen LogP contribution in [0, 0.1) is 0 Å². The number of aromatic nitrogens is 1. The standard InChI is InChI=1S/C14H12BrF3N2O/c1-21-10-4-8(6-20-7-10)13(19)11-5-9(14(16,17)18)2-3-12(11)15/h2-7,13H,19H2,1H3. The number of nitrogens with zero attached hydrogens (tertiary/aromatic N) is 1. The Morgan fingerprint density at radius 2 is 1.95 bits per heavy atom. The second-order valence-corrected chi connectivity index (χ2v) is 5.22. The molecule has 0 spiro atoms. The number of alkyl halides is 3. The molecule has 2 rings (SSSR count). The van der Waals surface area contributed by atoms with Crippen molar-refractivity contribution in [3.05, 3.63) is 57.8 Å². The number of ether oxygens (including phenoxy) is 1. The maximum absolute atomic E-state index is 12.8. The number of nitrogens with two attached hydrogens (primary N) is 1. The van der Waals surface area contributed by atoms with Crippen LogP contribution in [0.3, 0.4) is 0 Å². The molecule has 0 fully saturated rings. The van der Waals surface area contributed by atoms with Gasteiger partial charge < -0.3 is 10.5 Å². The van der Waals surface area contributed by atoms with Gasteiger partial charge >= 0.3 is 6.18 Å². The number of rotatable bonds is 3. The molecule has 1 aromatic heterocycles. The SMILES string of the molecule is COc1cncc(C(N)c2cc(C(F)(F)F)ccc2Br)c1. The molecule has 112 valence electrons. The van der Waals surface area contributed by atoms with E-state index in [0.29, 0.717) is 21.3 Å². The zero-order chi connectivity index (χ0) is 15.6. The van der Waals surface area contributed by atoms with E-state index in [1.807, 2.05) is 0 Å². The molecule has 0 radical (unpaired) electrons. The summed E-state index contributed by atoms with van der Waals surface area (Å²) < 4.78 is 43.9. The molecule has 21 heavy (non-hydrogen) atoms. The fraction of sp³-hybridized carbons (Fsp3) is 0.214. The van der Waals surface area contributed by atoms with Gasteiger partial charge in [-0.25, -0.2) is 0 Å². The highest BCUT2D eigenvalue weighted by molar-refractivity contribution is 9.10. The first-order chi connectivity index (χ1) is 9.82. The fourth-order valence-corrected chi connectivity index (χ4v) is 2.35. The summed E-state index contributed by atoms with van der Waals surface area (Å²) >= 11 is 3.23. The van der Waals surface area contributed by atoms with Gasteiger partial charge in [-0.2, -0.15) is 13.2 Å². The molecule has 7 heteroatoms. The number of pyridine rings is 1. The molecule has 0 saturated heterocycles. The van der Waals surface area contributed by atoms with Gasteiger partial charge in [0.05, 0.1) is 24.9 Å². The van der Waals surface area contributed by atoms with Crippen LogP contribution in [0.25, 0.3) is 0 Å². The molecule has 0 aliphatic heterocycles. The summed E-state index contributed by atoms with van der Waals surface area (Å²) in [5.74, 6) is 0.492. The van der Waals surface area contributed by atoms with Gasteiger partial charge in [0, 0.05) is 10.7 Å². The molecule has 0 amide bonds. The molecule has 2 aromatic rings. The van der Waals surface area contributed by atoms with Gasteiger partial charge in [0.15, 0.2) is 0 Å². The lowest BCUT2D eigenvalue weighted by molar-refractivity contribution is -0.137.